The Morgan fingerprint density at radius 1 is 0.917 bits per heavy atom. The van der Waals surface area contributed by atoms with Crippen LogP contribution >= 0.6 is 0 Å². The molecule has 1 fully saturated rings. The first-order valence-electron chi connectivity index (χ1n) is 12.1. The second-order valence-electron chi connectivity index (χ2n) is 9.07. The summed E-state index contributed by atoms with van der Waals surface area (Å²) in [5.74, 6) is 0.988. The summed E-state index contributed by atoms with van der Waals surface area (Å²) in [4.78, 5) is 28.2. The summed E-state index contributed by atoms with van der Waals surface area (Å²) in [7, 11) is 3.10. The predicted octanol–water partition coefficient (Wildman–Crippen LogP) is 4.80. The molecule has 0 atom stereocenters. The van der Waals surface area contributed by atoms with E-state index in [4.69, 9.17) is 9.47 Å². The molecule has 0 saturated heterocycles. The Hall–Kier alpha value is -4.20. The third-order valence-corrected chi connectivity index (χ3v) is 6.54. The van der Waals surface area contributed by atoms with Crippen LogP contribution in [0.3, 0.4) is 0 Å². The zero-order valence-electron chi connectivity index (χ0n) is 20.5. The second-order valence-corrected chi connectivity index (χ2v) is 9.07. The fraction of sp³-hybridized carbons (Fsp3) is 0.286. The molecule has 1 saturated carbocycles. The van der Waals surface area contributed by atoms with Crippen LogP contribution in [0.25, 0.3) is 0 Å². The number of amides is 3. The number of nitrogens with one attached hydrogen (secondary N) is 3. The summed E-state index contributed by atoms with van der Waals surface area (Å²) in [5, 5.41) is 8.74. The number of hydrogen-bond donors (Lipinski definition) is 3. The third-order valence-electron chi connectivity index (χ3n) is 6.54. The van der Waals surface area contributed by atoms with E-state index in [2.05, 4.69) is 39.0 Å². The number of ether oxygens (including phenoxy) is 2. The first kappa shape index (κ1) is 23.5. The summed E-state index contributed by atoms with van der Waals surface area (Å²) in [5.41, 5.74) is 5.08. The lowest BCUT2D eigenvalue weighted by atomic mass is 9.98. The van der Waals surface area contributed by atoms with Crippen molar-refractivity contribution in [2.24, 2.45) is 0 Å². The number of anilines is 3. The number of hydrogen-bond acceptors (Lipinski definition) is 5. The van der Waals surface area contributed by atoms with Crippen molar-refractivity contribution < 1.29 is 19.1 Å². The molecule has 3 aromatic rings. The van der Waals surface area contributed by atoms with Crippen molar-refractivity contribution in [3.05, 3.63) is 77.4 Å². The Bertz CT molecular complexity index is 1290. The van der Waals surface area contributed by atoms with Crippen molar-refractivity contribution in [1.82, 2.24) is 5.32 Å². The van der Waals surface area contributed by atoms with Gasteiger partial charge < -0.3 is 30.3 Å². The fourth-order valence-electron chi connectivity index (χ4n) is 4.45. The van der Waals surface area contributed by atoms with E-state index in [1.807, 2.05) is 18.2 Å². The lowest BCUT2D eigenvalue weighted by Gasteiger charge is -2.32. The highest BCUT2D eigenvalue weighted by Gasteiger charge is 2.27. The average molecular weight is 487 g/mol. The molecular weight excluding hydrogens is 456 g/mol. The molecule has 1 heterocycles. The minimum absolute atomic E-state index is 0.118. The summed E-state index contributed by atoms with van der Waals surface area (Å²) < 4.78 is 10.6. The number of nitrogens with zero attached hydrogens (tertiary/aromatic N) is 1. The van der Waals surface area contributed by atoms with E-state index in [1.54, 1.807) is 31.4 Å². The van der Waals surface area contributed by atoms with E-state index in [0.717, 1.165) is 38.0 Å². The van der Waals surface area contributed by atoms with Gasteiger partial charge in [0.2, 0.25) is 0 Å². The molecule has 3 amide bonds. The Labute approximate surface area is 210 Å². The van der Waals surface area contributed by atoms with Gasteiger partial charge in [0.15, 0.2) is 0 Å². The Kier molecular flexibility index (Phi) is 6.66. The molecule has 0 spiro atoms. The van der Waals surface area contributed by atoms with Crippen LogP contribution in [0.1, 0.15) is 34.3 Å². The Morgan fingerprint density at radius 2 is 1.72 bits per heavy atom. The molecule has 0 bridgehead atoms. The number of carbonyl (C=O) groups excluding carboxylic acids is 2. The Morgan fingerprint density at radius 3 is 2.47 bits per heavy atom. The topological polar surface area (TPSA) is 91.9 Å². The summed E-state index contributed by atoms with van der Waals surface area (Å²) >= 11 is 0. The van der Waals surface area contributed by atoms with E-state index in [0.29, 0.717) is 28.4 Å². The predicted molar refractivity (Wildman–Crippen MR) is 140 cm³/mol. The van der Waals surface area contributed by atoms with Crippen LogP contribution < -0.4 is 30.3 Å². The number of methoxy groups -OCH3 is 2. The lowest BCUT2D eigenvalue weighted by Crippen LogP contribution is -2.33. The Balaban J connectivity index is 1.36. The van der Waals surface area contributed by atoms with Crippen LogP contribution in [0, 0.1) is 0 Å². The van der Waals surface area contributed by atoms with Gasteiger partial charge in [-0.1, -0.05) is 24.3 Å². The number of benzene rings is 3. The van der Waals surface area contributed by atoms with Crippen LogP contribution in [-0.4, -0.2) is 38.7 Å². The third kappa shape index (κ3) is 5.22. The molecule has 186 valence electrons. The first-order valence-corrected chi connectivity index (χ1v) is 12.1. The van der Waals surface area contributed by atoms with Gasteiger partial charge in [0.05, 0.1) is 25.5 Å². The maximum atomic E-state index is 13.2. The minimum Gasteiger partial charge on any atom is -0.497 e. The van der Waals surface area contributed by atoms with Gasteiger partial charge in [0.25, 0.3) is 5.91 Å². The number of urea groups is 1. The number of carbonyl (C=O) groups is 2. The molecular formula is C28H30N4O4. The van der Waals surface area contributed by atoms with E-state index >= 15 is 0 Å². The summed E-state index contributed by atoms with van der Waals surface area (Å²) in [6.45, 7) is 1.57. The van der Waals surface area contributed by atoms with Gasteiger partial charge in [0, 0.05) is 36.6 Å². The molecule has 2 aliphatic rings. The fourth-order valence-corrected chi connectivity index (χ4v) is 4.45. The van der Waals surface area contributed by atoms with E-state index in [9.17, 15) is 9.59 Å². The SMILES string of the molecule is COc1ccc(NC(=O)Nc2ccc(N3CCc4ccccc4C3)c(C(=O)NC3CC3)c2)c(OC)c1. The molecule has 36 heavy (non-hydrogen) atoms. The highest BCUT2D eigenvalue weighted by Crippen LogP contribution is 2.32. The number of fused-ring (bicyclic) bond motifs is 1. The van der Waals surface area contributed by atoms with Crippen molar-refractivity contribution in [3.8, 4) is 11.5 Å². The van der Waals surface area contributed by atoms with Crippen LogP contribution in [0.15, 0.2) is 60.7 Å². The summed E-state index contributed by atoms with van der Waals surface area (Å²) in [6.07, 6.45) is 2.93. The molecule has 8 nitrogen and oxygen atoms in total. The average Bonchev–Trinajstić information content (AvgIpc) is 3.72. The van der Waals surface area contributed by atoms with Gasteiger partial charge in [-0.3, -0.25) is 4.79 Å². The van der Waals surface area contributed by atoms with Gasteiger partial charge in [-0.2, -0.15) is 0 Å². The quantitative estimate of drug-likeness (QED) is 0.446. The van der Waals surface area contributed by atoms with Crippen LogP contribution in [0.4, 0.5) is 21.9 Å². The van der Waals surface area contributed by atoms with Crippen LogP contribution in [0.5, 0.6) is 11.5 Å². The first-order chi connectivity index (χ1) is 17.5. The van der Waals surface area contributed by atoms with Crippen molar-refractivity contribution in [2.75, 3.05) is 36.3 Å². The van der Waals surface area contributed by atoms with E-state index in [-0.39, 0.29) is 11.9 Å². The minimum atomic E-state index is -0.438. The molecule has 0 unspecified atom stereocenters. The molecule has 3 N–H and O–H groups in total. The molecule has 0 aromatic heterocycles. The maximum absolute atomic E-state index is 13.2. The largest absolute Gasteiger partial charge is 0.497 e. The summed E-state index contributed by atoms with van der Waals surface area (Å²) in [6, 6.07) is 18.8. The molecule has 5 rings (SSSR count). The van der Waals surface area contributed by atoms with Crippen LogP contribution in [-0.2, 0) is 13.0 Å². The monoisotopic (exact) mass is 486 g/mol. The van der Waals surface area contributed by atoms with Gasteiger partial charge >= 0.3 is 6.03 Å². The molecule has 0 radical (unpaired) electrons. The maximum Gasteiger partial charge on any atom is 0.323 e. The smallest absolute Gasteiger partial charge is 0.323 e. The normalized spacial score (nSPS) is 14.4. The van der Waals surface area contributed by atoms with Gasteiger partial charge in [-0.05, 0) is 60.7 Å². The number of rotatable bonds is 7. The van der Waals surface area contributed by atoms with Crippen molar-refractivity contribution in [2.45, 2.75) is 31.8 Å². The van der Waals surface area contributed by atoms with E-state index < -0.39 is 6.03 Å². The standard InChI is InChI=1S/C28H30N4O4/c1-35-22-10-11-24(26(16-22)36-2)31-28(34)30-21-9-12-25(23(15-21)27(33)29-20-7-8-20)32-14-13-18-5-3-4-6-19(18)17-32/h3-6,9-12,15-16,20H,7-8,13-14,17H2,1-2H3,(H,29,33)(H2,30,31,34). The zero-order chi connectivity index (χ0) is 25.1. The van der Waals surface area contributed by atoms with Gasteiger partial charge in [-0.15, -0.1) is 0 Å². The molecule has 8 heteroatoms. The van der Waals surface area contributed by atoms with E-state index in [1.165, 1.54) is 18.2 Å². The second kappa shape index (κ2) is 10.2. The van der Waals surface area contributed by atoms with Gasteiger partial charge in [0.1, 0.15) is 11.5 Å². The van der Waals surface area contributed by atoms with Crippen molar-refractivity contribution in [1.29, 1.82) is 0 Å². The zero-order valence-corrected chi connectivity index (χ0v) is 20.5. The molecule has 1 aliphatic carbocycles. The van der Waals surface area contributed by atoms with Crippen molar-refractivity contribution in [3.63, 3.8) is 0 Å². The van der Waals surface area contributed by atoms with Crippen LogP contribution in [0.2, 0.25) is 0 Å². The van der Waals surface area contributed by atoms with Gasteiger partial charge in [-0.25, -0.2) is 4.79 Å². The molecule has 1 aliphatic heterocycles. The highest BCUT2D eigenvalue weighted by atomic mass is 16.5. The highest BCUT2D eigenvalue weighted by molar-refractivity contribution is 6.04. The lowest BCUT2D eigenvalue weighted by molar-refractivity contribution is 0.0951. The molecule has 3 aromatic carbocycles. The van der Waals surface area contributed by atoms with Crippen molar-refractivity contribution >= 4 is 29.0 Å².